The van der Waals surface area contributed by atoms with Crippen molar-refractivity contribution in [2.24, 2.45) is 0 Å². The number of carboxylic acid groups (broad SMARTS) is 1. The maximum atomic E-state index is 12.5. The van der Waals surface area contributed by atoms with Crippen LogP contribution in [0.2, 0.25) is 0 Å². The first-order valence-corrected chi connectivity index (χ1v) is 8.69. The number of aliphatic carboxylic acids is 1. The molecule has 0 aliphatic carbocycles. The molecule has 0 fully saturated rings. The fraction of sp³-hybridized carbons (Fsp3) is 0.105. The van der Waals surface area contributed by atoms with Gasteiger partial charge in [-0.25, -0.2) is 9.48 Å². The first-order valence-electron chi connectivity index (χ1n) is 7.90. The van der Waals surface area contributed by atoms with Crippen LogP contribution in [-0.2, 0) is 11.3 Å². The number of carboxylic acids is 1. The van der Waals surface area contributed by atoms with Gasteiger partial charge in [0.1, 0.15) is 4.47 Å². The highest BCUT2D eigenvalue weighted by molar-refractivity contribution is 9.10. The Hall–Kier alpha value is -2.93. The van der Waals surface area contributed by atoms with Crippen LogP contribution in [0.25, 0.3) is 0 Å². The summed E-state index contributed by atoms with van der Waals surface area (Å²) in [5.74, 6) is -1.04. The van der Waals surface area contributed by atoms with Crippen molar-refractivity contribution < 1.29 is 9.90 Å². The molecule has 2 N–H and O–H groups in total. The summed E-state index contributed by atoms with van der Waals surface area (Å²) in [4.78, 5) is 24.2. The summed E-state index contributed by atoms with van der Waals surface area (Å²) in [5, 5.41) is 16.5. The molecule has 0 bridgehead atoms. The Morgan fingerprint density at radius 2 is 1.73 bits per heavy atom. The highest BCUT2D eigenvalue weighted by Crippen LogP contribution is 2.23. The molecule has 6 nitrogen and oxygen atoms in total. The van der Waals surface area contributed by atoms with Crippen LogP contribution in [-0.4, -0.2) is 20.9 Å². The van der Waals surface area contributed by atoms with Crippen LogP contribution in [0.1, 0.15) is 17.2 Å². The maximum Gasteiger partial charge on any atom is 0.330 e. The second kappa shape index (κ2) is 7.97. The maximum absolute atomic E-state index is 12.5. The van der Waals surface area contributed by atoms with Crippen molar-refractivity contribution in [1.82, 2.24) is 9.78 Å². The van der Waals surface area contributed by atoms with E-state index >= 15 is 0 Å². The standard InChI is InChI=1S/C19H16BrN3O3/c20-16-15(22-17(19(25)26)14-9-5-2-6-10-14)11-21-23(18(16)24)12-13-7-3-1-4-8-13/h1-11,17,22H,12H2,(H,25,26). The Labute approximate surface area is 158 Å². The summed E-state index contributed by atoms with van der Waals surface area (Å²) in [6, 6.07) is 17.3. The fourth-order valence-corrected chi connectivity index (χ4v) is 2.94. The average Bonchev–Trinajstić information content (AvgIpc) is 2.66. The quantitative estimate of drug-likeness (QED) is 0.647. The van der Waals surface area contributed by atoms with Crippen LogP contribution in [0.5, 0.6) is 0 Å². The van der Waals surface area contributed by atoms with Gasteiger partial charge < -0.3 is 10.4 Å². The molecule has 0 amide bonds. The van der Waals surface area contributed by atoms with E-state index in [-0.39, 0.29) is 10.0 Å². The van der Waals surface area contributed by atoms with Gasteiger partial charge in [-0.2, -0.15) is 5.10 Å². The van der Waals surface area contributed by atoms with Gasteiger partial charge >= 0.3 is 5.97 Å². The van der Waals surface area contributed by atoms with Gasteiger partial charge in [0.25, 0.3) is 5.56 Å². The van der Waals surface area contributed by atoms with E-state index in [1.807, 2.05) is 36.4 Å². The summed E-state index contributed by atoms with van der Waals surface area (Å²) in [6.07, 6.45) is 1.45. The minimum absolute atomic E-state index is 0.241. The molecule has 3 rings (SSSR count). The highest BCUT2D eigenvalue weighted by atomic mass is 79.9. The number of hydrogen-bond donors (Lipinski definition) is 2. The van der Waals surface area contributed by atoms with E-state index in [0.717, 1.165) is 5.56 Å². The van der Waals surface area contributed by atoms with E-state index in [1.165, 1.54) is 10.9 Å². The number of nitrogens with zero attached hydrogens (tertiary/aromatic N) is 2. The smallest absolute Gasteiger partial charge is 0.330 e. The van der Waals surface area contributed by atoms with E-state index in [9.17, 15) is 14.7 Å². The number of nitrogens with one attached hydrogen (secondary N) is 1. The lowest BCUT2D eigenvalue weighted by molar-refractivity contribution is -0.138. The zero-order valence-electron chi connectivity index (χ0n) is 13.7. The van der Waals surface area contributed by atoms with Crippen molar-refractivity contribution in [1.29, 1.82) is 0 Å². The SMILES string of the molecule is O=C(O)C(Nc1cnn(Cc2ccccc2)c(=O)c1Br)c1ccccc1. The summed E-state index contributed by atoms with van der Waals surface area (Å²) >= 11 is 3.27. The molecule has 132 valence electrons. The minimum atomic E-state index is -1.04. The molecular weight excluding hydrogens is 398 g/mol. The zero-order valence-corrected chi connectivity index (χ0v) is 15.3. The van der Waals surface area contributed by atoms with E-state index in [1.54, 1.807) is 24.3 Å². The van der Waals surface area contributed by atoms with E-state index in [4.69, 9.17) is 0 Å². The van der Waals surface area contributed by atoms with Crippen molar-refractivity contribution in [3.05, 3.63) is 92.8 Å². The summed E-state index contributed by atoms with van der Waals surface area (Å²) in [6.45, 7) is 0.333. The van der Waals surface area contributed by atoms with E-state index < -0.39 is 12.0 Å². The van der Waals surface area contributed by atoms with Crippen molar-refractivity contribution >= 4 is 27.6 Å². The lowest BCUT2D eigenvalue weighted by Gasteiger charge is -2.17. The molecule has 7 heteroatoms. The number of hydrogen-bond acceptors (Lipinski definition) is 4. The van der Waals surface area contributed by atoms with E-state index in [2.05, 4.69) is 26.3 Å². The monoisotopic (exact) mass is 413 g/mol. The zero-order chi connectivity index (χ0) is 18.5. The Morgan fingerprint density at radius 1 is 1.12 bits per heavy atom. The third kappa shape index (κ3) is 4.00. The fourth-order valence-electron chi connectivity index (χ4n) is 2.52. The predicted molar refractivity (Wildman–Crippen MR) is 102 cm³/mol. The van der Waals surface area contributed by atoms with Crippen molar-refractivity contribution in [3.8, 4) is 0 Å². The second-order valence-electron chi connectivity index (χ2n) is 5.65. The number of halogens is 1. The first-order chi connectivity index (χ1) is 12.6. The number of rotatable bonds is 6. The molecule has 1 aromatic heterocycles. The molecule has 1 unspecified atom stereocenters. The molecule has 0 spiro atoms. The normalized spacial score (nSPS) is 11.7. The molecule has 0 aliphatic rings. The lowest BCUT2D eigenvalue weighted by atomic mass is 10.1. The Kier molecular flexibility index (Phi) is 5.48. The van der Waals surface area contributed by atoms with Gasteiger partial charge in [0.05, 0.1) is 18.4 Å². The van der Waals surface area contributed by atoms with Crippen LogP contribution >= 0.6 is 15.9 Å². The molecule has 0 saturated heterocycles. The van der Waals surface area contributed by atoms with Gasteiger partial charge in [0, 0.05) is 0 Å². The van der Waals surface area contributed by atoms with E-state index in [0.29, 0.717) is 17.8 Å². The summed E-state index contributed by atoms with van der Waals surface area (Å²) in [7, 11) is 0. The average molecular weight is 414 g/mol. The second-order valence-corrected chi connectivity index (χ2v) is 6.44. The van der Waals surface area contributed by atoms with Gasteiger partial charge in [-0.05, 0) is 27.1 Å². The van der Waals surface area contributed by atoms with Crippen LogP contribution in [0.15, 0.2) is 76.1 Å². The third-order valence-corrected chi connectivity index (χ3v) is 4.61. The molecule has 1 atom stereocenters. The van der Waals surface area contributed by atoms with Crippen LogP contribution in [0.3, 0.4) is 0 Å². The van der Waals surface area contributed by atoms with Crippen LogP contribution in [0.4, 0.5) is 5.69 Å². The minimum Gasteiger partial charge on any atom is -0.479 e. The van der Waals surface area contributed by atoms with Gasteiger partial charge in [-0.15, -0.1) is 0 Å². The Balaban J connectivity index is 1.88. The molecule has 2 aromatic carbocycles. The molecule has 26 heavy (non-hydrogen) atoms. The van der Waals surface area contributed by atoms with Crippen LogP contribution in [0, 0.1) is 0 Å². The molecule has 3 aromatic rings. The summed E-state index contributed by atoms with van der Waals surface area (Å²) in [5.41, 5.74) is 1.52. The van der Waals surface area contributed by atoms with Crippen LogP contribution < -0.4 is 10.9 Å². The molecule has 1 heterocycles. The van der Waals surface area contributed by atoms with Gasteiger partial charge in [0.2, 0.25) is 0 Å². The van der Waals surface area contributed by atoms with Crippen molar-refractivity contribution in [2.45, 2.75) is 12.6 Å². The molecule has 0 saturated carbocycles. The topological polar surface area (TPSA) is 84.2 Å². The van der Waals surface area contributed by atoms with Crippen molar-refractivity contribution in [3.63, 3.8) is 0 Å². The molecular formula is C19H16BrN3O3. The number of carbonyl (C=O) groups is 1. The molecule has 0 radical (unpaired) electrons. The summed E-state index contributed by atoms with van der Waals surface area (Å²) < 4.78 is 1.56. The Bertz CT molecular complexity index is 959. The largest absolute Gasteiger partial charge is 0.479 e. The third-order valence-electron chi connectivity index (χ3n) is 3.84. The number of benzene rings is 2. The predicted octanol–water partition coefficient (Wildman–Crippen LogP) is 3.29. The molecule has 0 aliphatic heterocycles. The van der Waals surface area contributed by atoms with Gasteiger partial charge in [0.15, 0.2) is 6.04 Å². The van der Waals surface area contributed by atoms with Gasteiger partial charge in [-0.1, -0.05) is 60.7 Å². The number of aromatic nitrogens is 2. The Morgan fingerprint density at radius 3 is 2.35 bits per heavy atom. The number of anilines is 1. The van der Waals surface area contributed by atoms with Gasteiger partial charge in [-0.3, -0.25) is 4.79 Å². The lowest BCUT2D eigenvalue weighted by Crippen LogP contribution is -2.27. The van der Waals surface area contributed by atoms with Crippen molar-refractivity contribution in [2.75, 3.05) is 5.32 Å². The highest BCUT2D eigenvalue weighted by Gasteiger charge is 2.21. The first kappa shape index (κ1) is 17.9.